The van der Waals surface area contributed by atoms with Gasteiger partial charge in [0.1, 0.15) is 5.54 Å². The minimum atomic E-state index is -0.857. The Morgan fingerprint density at radius 2 is 1.78 bits per heavy atom. The van der Waals surface area contributed by atoms with Gasteiger partial charge < -0.3 is 5.11 Å². The van der Waals surface area contributed by atoms with Crippen molar-refractivity contribution in [3.8, 4) is 0 Å². The molecule has 1 aromatic rings. The summed E-state index contributed by atoms with van der Waals surface area (Å²) in [6.45, 7) is 10.4. The topological polar surface area (TPSA) is 49.3 Å². The minimum Gasteiger partial charge on any atom is -0.480 e. The average Bonchev–Trinajstić information content (AvgIpc) is 2.26. The van der Waals surface area contributed by atoms with Gasteiger partial charge >= 0.3 is 5.97 Å². The Hall–Kier alpha value is -1.35. The fourth-order valence-corrected chi connectivity index (χ4v) is 2.12. The SMILES string of the molecule is CCC(C)(NCc1c(C)cc(C)cc1C)C(=O)O. The van der Waals surface area contributed by atoms with E-state index in [9.17, 15) is 9.90 Å². The number of aliphatic carboxylic acids is 1. The molecule has 0 amide bonds. The molecule has 2 N–H and O–H groups in total. The van der Waals surface area contributed by atoms with Gasteiger partial charge in [-0.15, -0.1) is 0 Å². The van der Waals surface area contributed by atoms with Crippen LogP contribution in [0.25, 0.3) is 0 Å². The summed E-state index contributed by atoms with van der Waals surface area (Å²) in [5.74, 6) is -0.799. The lowest BCUT2D eigenvalue weighted by Gasteiger charge is -2.25. The van der Waals surface area contributed by atoms with Crippen LogP contribution < -0.4 is 5.32 Å². The van der Waals surface area contributed by atoms with E-state index in [0.717, 1.165) is 0 Å². The molecule has 0 saturated carbocycles. The van der Waals surface area contributed by atoms with Gasteiger partial charge in [0.25, 0.3) is 0 Å². The van der Waals surface area contributed by atoms with E-state index in [4.69, 9.17) is 0 Å². The van der Waals surface area contributed by atoms with Crippen LogP contribution in [0.4, 0.5) is 0 Å². The molecule has 1 rings (SSSR count). The summed E-state index contributed by atoms with van der Waals surface area (Å²) in [7, 11) is 0. The Balaban J connectivity index is 2.90. The van der Waals surface area contributed by atoms with E-state index in [-0.39, 0.29) is 0 Å². The summed E-state index contributed by atoms with van der Waals surface area (Å²) in [6, 6.07) is 4.27. The normalized spacial score (nSPS) is 14.3. The zero-order chi connectivity index (χ0) is 13.9. The first-order chi connectivity index (χ1) is 8.30. The highest BCUT2D eigenvalue weighted by atomic mass is 16.4. The predicted molar refractivity (Wildman–Crippen MR) is 73.8 cm³/mol. The Morgan fingerprint density at radius 1 is 1.28 bits per heavy atom. The van der Waals surface area contributed by atoms with Gasteiger partial charge in [-0.3, -0.25) is 10.1 Å². The number of aryl methyl sites for hydroxylation is 3. The summed E-state index contributed by atoms with van der Waals surface area (Å²) >= 11 is 0. The number of benzene rings is 1. The first-order valence-electron chi connectivity index (χ1n) is 6.35. The van der Waals surface area contributed by atoms with Crippen molar-refractivity contribution in [1.29, 1.82) is 0 Å². The molecule has 1 atom stereocenters. The van der Waals surface area contributed by atoms with Crippen molar-refractivity contribution in [3.63, 3.8) is 0 Å². The van der Waals surface area contributed by atoms with E-state index >= 15 is 0 Å². The molecule has 0 aliphatic heterocycles. The summed E-state index contributed by atoms with van der Waals surface area (Å²) in [6.07, 6.45) is 0.562. The molecule has 1 aromatic carbocycles. The van der Waals surface area contributed by atoms with Gasteiger partial charge in [0.2, 0.25) is 0 Å². The standard InChI is InChI=1S/C15H23NO2/c1-6-15(5,14(17)18)16-9-13-11(3)7-10(2)8-12(13)4/h7-8,16H,6,9H2,1-5H3,(H,17,18). The molecule has 0 aliphatic carbocycles. The van der Waals surface area contributed by atoms with E-state index in [0.29, 0.717) is 13.0 Å². The van der Waals surface area contributed by atoms with Crippen LogP contribution in [0.3, 0.4) is 0 Å². The monoisotopic (exact) mass is 249 g/mol. The van der Waals surface area contributed by atoms with E-state index < -0.39 is 11.5 Å². The number of rotatable bonds is 5. The molecule has 18 heavy (non-hydrogen) atoms. The highest BCUT2D eigenvalue weighted by Gasteiger charge is 2.30. The Kier molecular flexibility index (Phi) is 4.52. The first kappa shape index (κ1) is 14.7. The average molecular weight is 249 g/mol. The van der Waals surface area contributed by atoms with Gasteiger partial charge in [0, 0.05) is 6.54 Å². The largest absolute Gasteiger partial charge is 0.480 e. The summed E-state index contributed by atoms with van der Waals surface area (Å²) < 4.78 is 0. The predicted octanol–water partition coefficient (Wildman–Crippen LogP) is 2.95. The molecular weight excluding hydrogens is 226 g/mol. The lowest BCUT2D eigenvalue weighted by atomic mass is 9.96. The number of nitrogens with one attached hydrogen (secondary N) is 1. The third kappa shape index (κ3) is 3.10. The number of hydrogen-bond acceptors (Lipinski definition) is 2. The second kappa shape index (κ2) is 5.53. The molecule has 0 spiro atoms. The summed E-state index contributed by atoms with van der Waals surface area (Å²) in [5, 5.41) is 12.4. The van der Waals surface area contributed by atoms with E-state index in [2.05, 4.69) is 38.2 Å². The highest BCUT2D eigenvalue weighted by molar-refractivity contribution is 5.78. The molecule has 0 fully saturated rings. The van der Waals surface area contributed by atoms with E-state index in [1.165, 1.54) is 22.3 Å². The van der Waals surface area contributed by atoms with Crippen molar-refractivity contribution in [3.05, 3.63) is 34.4 Å². The second-order valence-electron chi connectivity index (χ2n) is 5.22. The number of carboxylic acids is 1. The molecule has 0 heterocycles. The van der Waals surface area contributed by atoms with Crippen LogP contribution in [0, 0.1) is 20.8 Å². The maximum atomic E-state index is 11.2. The van der Waals surface area contributed by atoms with Crippen molar-refractivity contribution < 1.29 is 9.90 Å². The number of hydrogen-bond donors (Lipinski definition) is 2. The van der Waals surface area contributed by atoms with Crippen LogP contribution in [0.15, 0.2) is 12.1 Å². The molecule has 0 aliphatic rings. The third-order valence-electron chi connectivity index (χ3n) is 3.67. The minimum absolute atomic E-state index is 0.562. The fraction of sp³-hybridized carbons (Fsp3) is 0.533. The summed E-state index contributed by atoms with van der Waals surface area (Å²) in [4.78, 5) is 11.2. The molecule has 0 bridgehead atoms. The van der Waals surface area contributed by atoms with Crippen LogP contribution in [-0.2, 0) is 11.3 Å². The molecule has 1 unspecified atom stereocenters. The maximum Gasteiger partial charge on any atom is 0.323 e. The number of carbonyl (C=O) groups is 1. The Morgan fingerprint density at radius 3 is 2.17 bits per heavy atom. The van der Waals surface area contributed by atoms with Gasteiger partial charge in [-0.1, -0.05) is 24.6 Å². The smallest absolute Gasteiger partial charge is 0.323 e. The molecule has 0 radical (unpaired) electrons. The van der Waals surface area contributed by atoms with Gasteiger partial charge in [0.15, 0.2) is 0 Å². The van der Waals surface area contributed by atoms with Gasteiger partial charge in [-0.25, -0.2) is 0 Å². The molecular formula is C15H23NO2. The molecule has 0 aromatic heterocycles. The Labute approximate surface area is 109 Å². The Bertz CT molecular complexity index is 431. The molecule has 3 nitrogen and oxygen atoms in total. The quantitative estimate of drug-likeness (QED) is 0.843. The fourth-order valence-electron chi connectivity index (χ4n) is 2.12. The zero-order valence-electron chi connectivity index (χ0n) is 11.9. The van der Waals surface area contributed by atoms with Crippen LogP contribution in [0.5, 0.6) is 0 Å². The van der Waals surface area contributed by atoms with Crippen LogP contribution in [0.2, 0.25) is 0 Å². The van der Waals surface area contributed by atoms with E-state index in [1.54, 1.807) is 6.92 Å². The van der Waals surface area contributed by atoms with E-state index in [1.807, 2.05) is 6.92 Å². The first-order valence-corrected chi connectivity index (χ1v) is 6.35. The van der Waals surface area contributed by atoms with Crippen molar-refractivity contribution in [1.82, 2.24) is 5.32 Å². The van der Waals surface area contributed by atoms with Crippen molar-refractivity contribution in [2.24, 2.45) is 0 Å². The third-order valence-corrected chi connectivity index (χ3v) is 3.67. The number of carboxylic acid groups (broad SMARTS) is 1. The van der Waals surface area contributed by atoms with Gasteiger partial charge in [0.05, 0.1) is 0 Å². The lowest BCUT2D eigenvalue weighted by molar-refractivity contribution is -0.144. The highest BCUT2D eigenvalue weighted by Crippen LogP contribution is 2.18. The molecule has 100 valence electrons. The maximum absolute atomic E-state index is 11.2. The van der Waals surface area contributed by atoms with Crippen LogP contribution in [-0.4, -0.2) is 16.6 Å². The molecule has 0 saturated heterocycles. The second-order valence-corrected chi connectivity index (χ2v) is 5.22. The zero-order valence-corrected chi connectivity index (χ0v) is 11.9. The summed E-state index contributed by atoms with van der Waals surface area (Å²) in [5.41, 5.74) is 4.00. The molecule has 3 heteroatoms. The lowest BCUT2D eigenvalue weighted by Crippen LogP contribution is -2.48. The van der Waals surface area contributed by atoms with Crippen molar-refractivity contribution in [2.75, 3.05) is 0 Å². The van der Waals surface area contributed by atoms with Crippen LogP contribution in [0.1, 0.15) is 42.5 Å². The van der Waals surface area contributed by atoms with Gasteiger partial charge in [-0.05, 0) is 50.8 Å². The van der Waals surface area contributed by atoms with Crippen LogP contribution >= 0.6 is 0 Å². The van der Waals surface area contributed by atoms with Crippen molar-refractivity contribution in [2.45, 2.75) is 53.1 Å². The van der Waals surface area contributed by atoms with Crippen molar-refractivity contribution >= 4 is 5.97 Å². The van der Waals surface area contributed by atoms with Gasteiger partial charge in [-0.2, -0.15) is 0 Å².